The van der Waals surface area contributed by atoms with Crippen LogP contribution in [0.5, 0.6) is 0 Å². The Morgan fingerprint density at radius 3 is 2.63 bits per heavy atom. The standard InChI is InChI=1S/C17H14Cl2N2O5S/c1-25-17(22)10-27-16-6-5-11(7-15(16)21(23)24)8-20-26-9-12-13(18)3-2-4-14(12)19/h2-8H,9-10H2,1H3/b20-8+. The molecule has 0 bridgehead atoms. The van der Waals surface area contributed by atoms with Crippen LogP contribution in [-0.4, -0.2) is 30.0 Å². The minimum atomic E-state index is -0.526. The van der Waals surface area contributed by atoms with Crippen LogP contribution in [0.2, 0.25) is 10.0 Å². The van der Waals surface area contributed by atoms with Crippen LogP contribution >= 0.6 is 35.0 Å². The second-order valence-electron chi connectivity index (χ2n) is 5.06. The number of rotatable bonds is 8. The van der Waals surface area contributed by atoms with E-state index in [1.54, 1.807) is 24.3 Å². The van der Waals surface area contributed by atoms with Crippen LogP contribution < -0.4 is 0 Å². The summed E-state index contributed by atoms with van der Waals surface area (Å²) < 4.78 is 4.53. The number of hydrogen-bond donors (Lipinski definition) is 0. The molecule has 142 valence electrons. The number of halogens is 2. The Balaban J connectivity index is 2.05. The molecule has 0 atom stereocenters. The molecule has 0 fully saturated rings. The van der Waals surface area contributed by atoms with Crippen LogP contribution in [0, 0.1) is 10.1 Å². The molecule has 7 nitrogen and oxygen atoms in total. The van der Waals surface area contributed by atoms with Crippen molar-refractivity contribution in [2.45, 2.75) is 11.5 Å². The van der Waals surface area contributed by atoms with Crippen molar-refractivity contribution >= 4 is 52.8 Å². The minimum absolute atomic E-state index is 0.0213. The van der Waals surface area contributed by atoms with Gasteiger partial charge in [0.1, 0.15) is 6.61 Å². The molecule has 0 N–H and O–H groups in total. The molecule has 10 heteroatoms. The first-order valence-corrected chi connectivity index (χ1v) is 9.22. The summed E-state index contributed by atoms with van der Waals surface area (Å²) in [6.45, 7) is 0.0597. The van der Waals surface area contributed by atoms with Gasteiger partial charge in [-0.05, 0) is 18.2 Å². The van der Waals surface area contributed by atoms with Crippen molar-refractivity contribution < 1.29 is 19.3 Å². The fourth-order valence-corrected chi connectivity index (χ4v) is 3.29. The number of ether oxygens (including phenoxy) is 1. The van der Waals surface area contributed by atoms with E-state index < -0.39 is 10.9 Å². The van der Waals surface area contributed by atoms with Crippen LogP contribution in [0.4, 0.5) is 5.69 Å². The Morgan fingerprint density at radius 2 is 2.00 bits per heavy atom. The van der Waals surface area contributed by atoms with Crippen molar-refractivity contribution in [1.29, 1.82) is 0 Å². The number of oxime groups is 1. The van der Waals surface area contributed by atoms with E-state index in [1.807, 2.05) is 0 Å². The first kappa shape index (κ1) is 21.0. The quantitative estimate of drug-likeness (QED) is 0.198. The first-order chi connectivity index (χ1) is 12.9. The van der Waals surface area contributed by atoms with Gasteiger partial charge >= 0.3 is 5.97 Å². The third kappa shape index (κ3) is 6.13. The largest absolute Gasteiger partial charge is 0.468 e. The van der Waals surface area contributed by atoms with Crippen LogP contribution in [0.15, 0.2) is 46.4 Å². The molecular formula is C17H14Cl2N2O5S. The zero-order chi connectivity index (χ0) is 19.8. The minimum Gasteiger partial charge on any atom is -0.468 e. The zero-order valence-corrected chi connectivity index (χ0v) is 16.4. The number of methoxy groups -OCH3 is 1. The molecule has 0 radical (unpaired) electrons. The fraction of sp³-hybridized carbons (Fsp3) is 0.176. The molecule has 0 aliphatic heterocycles. The van der Waals surface area contributed by atoms with E-state index in [-0.39, 0.29) is 18.0 Å². The zero-order valence-electron chi connectivity index (χ0n) is 14.1. The Morgan fingerprint density at radius 1 is 1.30 bits per heavy atom. The molecule has 0 saturated heterocycles. The lowest BCUT2D eigenvalue weighted by molar-refractivity contribution is -0.387. The number of nitro groups is 1. The van der Waals surface area contributed by atoms with E-state index in [0.29, 0.717) is 26.1 Å². The smallest absolute Gasteiger partial charge is 0.315 e. The van der Waals surface area contributed by atoms with Gasteiger partial charge in [-0.15, -0.1) is 11.8 Å². The molecule has 0 saturated carbocycles. The Bertz CT molecular complexity index is 856. The van der Waals surface area contributed by atoms with Crippen molar-refractivity contribution in [3.05, 3.63) is 67.7 Å². The summed E-state index contributed by atoms with van der Waals surface area (Å²) >= 11 is 13.1. The van der Waals surface area contributed by atoms with E-state index in [2.05, 4.69) is 9.89 Å². The van der Waals surface area contributed by atoms with Gasteiger partial charge in [0, 0.05) is 27.2 Å². The third-order valence-electron chi connectivity index (χ3n) is 3.30. The van der Waals surface area contributed by atoms with Crippen molar-refractivity contribution in [2.75, 3.05) is 12.9 Å². The molecule has 0 amide bonds. The van der Waals surface area contributed by atoms with Crippen LogP contribution in [0.3, 0.4) is 0 Å². The maximum Gasteiger partial charge on any atom is 0.315 e. The van der Waals surface area contributed by atoms with Gasteiger partial charge in [0.2, 0.25) is 0 Å². The highest BCUT2D eigenvalue weighted by Gasteiger charge is 2.16. The summed E-state index contributed by atoms with van der Waals surface area (Å²) in [7, 11) is 1.26. The van der Waals surface area contributed by atoms with Crippen LogP contribution in [0.25, 0.3) is 0 Å². The maximum absolute atomic E-state index is 11.2. The third-order valence-corrected chi connectivity index (χ3v) is 5.04. The van der Waals surface area contributed by atoms with Gasteiger partial charge in [-0.1, -0.05) is 40.5 Å². The number of carbonyl (C=O) groups is 1. The molecule has 0 aliphatic carbocycles. The molecule has 2 aromatic carbocycles. The Hall–Kier alpha value is -2.29. The average molecular weight is 429 g/mol. The normalized spacial score (nSPS) is 10.8. The lowest BCUT2D eigenvalue weighted by Crippen LogP contribution is -2.03. The van der Waals surface area contributed by atoms with Gasteiger partial charge in [0.25, 0.3) is 5.69 Å². The van der Waals surface area contributed by atoms with Gasteiger partial charge in [0.15, 0.2) is 0 Å². The van der Waals surface area contributed by atoms with Gasteiger partial charge in [-0.2, -0.15) is 0 Å². The summed E-state index contributed by atoms with van der Waals surface area (Å²) in [5, 5.41) is 16.0. The second-order valence-corrected chi connectivity index (χ2v) is 6.89. The predicted octanol–water partition coefficient (Wildman–Crippen LogP) is 4.72. The number of benzene rings is 2. The maximum atomic E-state index is 11.2. The Labute approximate surface area is 169 Å². The summed E-state index contributed by atoms with van der Waals surface area (Å²) in [6, 6.07) is 9.60. The lowest BCUT2D eigenvalue weighted by Gasteiger charge is -2.05. The summed E-state index contributed by atoms with van der Waals surface area (Å²) in [5.74, 6) is -0.487. The lowest BCUT2D eigenvalue weighted by atomic mass is 10.2. The molecule has 0 aromatic heterocycles. The summed E-state index contributed by atoms with van der Waals surface area (Å²) in [4.78, 5) is 27.5. The van der Waals surface area contributed by atoms with Gasteiger partial charge in [0.05, 0.1) is 28.9 Å². The van der Waals surface area contributed by atoms with E-state index in [0.717, 1.165) is 11.8 Å². The van der Waals surface area contributed by atoms with Crippen molar-refractivity contribution in [2.24, 2.45) is 5.16 Å². The summed E-state index contributed by atoms with van der Waals surface area (Å²) in [5.41, 5.74) is 0.926. The highest BCUT2D eigenvalue weighted by atomic mass is 35.5. The molecular weight excluding hydrogens is 415 g/mol. The fourth-order valence-electron chi connectivity index (χ4n) is 1.95. The summed E-state index contributed by atoms with van der Waals surface area (Å²) in [6.07, 6.45) is 1.34. The predicted molar refractivity (Wildman–Crippen MR) is 105 cm³/mol. The van der Waals surface area contributed by atoms with Gasteiger partial charge in [-0.3, -0.25) is 14.9 Å². The number of hydrogen-bond acceptors (Lipinski definition) is 7. The highest BCUT2D eigenvalue weighted by molar-refractivity contribution is 8.00. The van der Waals surface area contributed by atoms with Gasteiger partial charge in [-0.25, -0.2) is 0 Å². The Kier molecular flexibility index (Phi) is 7.90. The molecule has 27 heavy (non-hydrogen) atoms. The van der Waals surface area contributed by atoms with E-state index in [1.165, 1.54) is 25.5 Å². The monoisotopic (exact) mass is 428 g/mol. The number of nitrogens with zero attached hydrogens (tertiary/aromatic N) is 2. The van der Waals surface area contributed by atoms with Crippen LogP contribution in [-0.2, 0) is 21.0 Å². The van der Waals surface area contributed by atoms with E-state index in [9.17, 15) is 14.9 Å². The molecule has 0 heterocycles. The molecule has 2 rings (SSSR count). The molecule has 0 unspecified atom stereocenters. The van der Waals surface area contributed by atoms with E-state index >= 15 is 0 Å². The number of nitro benzene ring substituents is 1. The molecule has 0 spiro atoms. The SMILES string of the molecule is COC(=O)CSc1ccc(/C=N/OCc2c(Cl)cccc2Cl)cc1[N+](=O)[O-]. The number of esters is 1. The van der Waals surface area contributed by atoms with Crippen molar-refractivity contribution in [3.63, 3.8) is 0 Å². The molecule has 0 aliphatic rings. The first-order valence-electron chi connectivity index (χ1n) is 7.48. The van der Waals surface area contributed by atoms with Crippen molar-refractivity contribution in [3.8, 4) is 0 Å². The highest BCUT2D eigenvalue weighted by Crippen LogP contribution is 2.30. The topological polar surface area (TPSA) is 91.0 Å². The van der Waals surface area contributed by atoms with Gasteiger partial charge < -0.3 is 9.57 Å². The van der Waals surface area contributed by atoms with Crippen LogP contribution in [0.1, 0.15) is 11.1 Å². The number of thioether (sulfide) groups is 1. The van der Waals surface area contributed by atoms with Crippen molar-refractivity contribution in [1.82, 2.24) is 0 Å². The van der Waals surface area contributed by atoms with E-state index in [4.69, 9.17) is 28.0 Å². The second kappa shape index (κ2) is 10.1. The molecule has 2 aromatic rings. The average Bonchev–Trinajstić information content (AvgIpc) is 2.65. The number of carbonyl (C=O) groups excluding carboxylic acids is 1.